The average Bonchev–Trinajstić information content (AvgIpc) is 3.46. The minimum Gasteiger partial charge on any atom is -0.472 e. The lowest BCUT2D eigenvalue weighted by Gasteiger charge is -2.33. The minimum absolute atomic E-state index is 0.0251. The van der Waals surface area contributed by atoms with E-state index in [9.17, 15) is 4.79 Å². The third-order valence-corrected chi connectivity index (χ3v) is 5.68. The monoisotopic (exact) mass is 390 g/mol. The molecule has 3 aromatic rings. The van der Waals surface area contributed by atoms with Crippen molar-refractivity contribution in [3.8, 4) is 11.6 Å². The Kier molecular flexibility index (Phi) is 4.26. The van der Waals surface area contributed by atoms with Crippen LogP contribution in [0.3, 0.4) is 0 Å². The van der Waals surface area contributed by atoms with E-state index in [1.54, 1.807) is 24.8 Å². The molecule has 8 nitrogen and oxygen atoms in total. The Morgan fingerprint density at radius 1 is 1.07 bits per heavy atom. The van der Waals surface area contributed by atoms with Crippen molar-refractivity contribution in [2.75, 3.05) is 6.54 Å². The Labute approximate surface area is 168 Å². The molecular weight excluding hydrogens is 368 g/mol. The standard InChI is InChI=1S/C21H22N6O2/c1-13-3-4-19(22-10-13)29-18-9-15-8-16(18)26(12-15)21(28)20-17(7-14(2)11-23-20)27-24-5-6-25-27/h3-7,10-11,15-16,18H,8-9,12H2,1-2H3. The maximum Gasteiger partial charge on any atom is 0.275 e. The molecule has 5 rings (SSSR count). The molecule has 2 bridgehead atoms. The van der Waals surface area contributed by atoms with Crippen molar-refractivity contribution in [1.82, 2.24) is 29.9 Å². The number of carbonyl (C=O) groups excluding carboxylic acids is 1. The predicted molar refractivity (Wildman–Crippen MR) is 105 cm³/mol. The summed E-state index contributed by atoms with van der Waals surface area (Å²) in [5.41, 5.74) is 3.00. The van der Waals surface area contributed by atoms with E-state index in [0.717, 1.165) is 30.5 Å². The van der Waals surface area contributed by atoms with Crippen molar-refractivity contribution < 1.29 is 9.53 Å². The van der Waals surface area contributed by atoms with Crippen molar-refractivity contribution in [2.45, 2.75) is 38.8 Å². The van der Waals surface area contributed by atoms with Crippen LogP contribution in [0.25, 0.3) is 5.69 Å². The Bertz CT molecular complexity index is 1030. The molecule has 8 heteroatoms. The molecule has 0 aromatic carbocycles. The fourth-order valence-corrected chi connectivity index (χ4v) is 4.35. The van der Waals surface area contributed by atoms with Crippen LogP contribution in [0.15, 0.2) is 43.0 Å². The molecule has 3 atom stereocenters. The number of ether oxygens (including phenoxy) is 1. The van der Waals surface area contributed by atoms with E-state index in [1.807, 2.05) is 36.9 Å². The average molecular weight is 390 g/mol. The molecule has 1 amide bonds. The molecule has 2 aliphatic rings. The Morgan fingerprint density at radius 2 is 1.86 bits per heavy atom. The largest absolute Gasteiger partial charge is 0.472 e. The second-order valence-electron chi connectivity index (χ2n) is 7.89. The maximum absolute atomic E-state index is 13.4. The third kappa shape index (κ3) is 3.24. The molecule has 1 aliphatic carbocycles. The number of fused-ring (bicyclic) bond motifs is 2. The van der Waals surface area contributed by atoms with E-state index < -0.39 is 0 Å². The lowest BCUT2D eigenvalue weighted by molar-refractivity contribution is 0.0461. The van der Waals surface area contributed by atoms with Crippen molar-refractivity contribution in [2.24, 2.45) is 5.92 Å². The van der Waals surface area contributed by atoms with Gasteiger partial charge in [0.2, 0.25) is 5.88 Å². The zero-order chi connectivity index (χ0) is 20.0. The SMILES string of the molecule is Cc1ccc(OC2CC3CC2N(C(=O)c2ncc(C)cc2-n2nccn2)C3)nc1. The number of pyridine rings is 2. The lowest BCUT2D eigenvalue weighted by Crippen LogP contribution is -2.47. The summed E-state index contributed by atoms with van der Waals surface area (Å²) in [6, 6.07) is 5.78. The van der Waals surface area contributed by atoms with Gasteiger partial charge in [-0.2, -0.15) is 10.2 Å². The van der Waals surface area contributed by atoms with Gasteiger partial charge in [-0.1, -0.05) is 6.07 Å². The fourth-order valence-electron chi connectivity index (χ4n) is 4.35. The van der Waals surface area contributed by atoms with Gasteiger partial charge < -0.3 is 9.64 Å². The van der Waals surface area contributed by atoms with Gasteiger partial charge in [-0.25, -0.2) is 9.97 Å². The van der Waals surface area contributed by atoms with E-state index >= 15 is 0 Å². The van der Waals surface area contributed by atoms with Gasteiger partial charge in [0.25, 0.3) is 5.91 Å². The first-order valence-electron chi connectivity index (χ1n) is 9.82. The summed E-state index contributed by atoms with van der Waals surface area (Å²) < 4.78 is 6.15. The molecule has 0 N–H and O–H groups in total. The van der Waals surface area contributed by atoms with Gasteiger partial charge in [0.05, 0.1) is 18.4 Å². The van der Waals surface area contributed by atoms with Crippen LogP contribution < -0.4 is 4.74 Å². The van der Waals surface area contributed by atoms with Crippen LogP contribution in [0.5, 0.6) is 5.88 Å². The topological polar surface area (TPSA) is 86.0 Å². The van der Waals surface area contributed by atoms with Gasteiger partial charge in [0, 0.05) is 25.0 Å². The molecule has 148 valence electrons. The number of hydrogen-bond acceptors (Lipinski definition) is 6. The van der Waals surface area contributed by atoms with Gasteiger partial charge in [0.15, 0.2) is 5.69 Å². The van der Waals surface area contributed by atoms with Crippen molar-refractivity contribution in [3.63, 3.8) is 0 Å². The molecular formula is C21H22N6O2. The predicted octanol–water partition coefficient (Wildman–Crippen LogP) is 2.36. The number of nitrogens with zero attached hydrogens (tertiary/aromatic N) is 6. The highest BCUT2D eigenvalue weighted by Gasteiger charge is 2.49. The van der Waals surface area contributed by atoms with Crippen LogP contribution in [0.2, 0.25) is 0 Å². The van der Waals surface area contributed by atoms with Crippen molar-refractivity contribution in [3.05, 3.63) is 59.8 Å². The van der Waals surface area contributed by atoms with Gasteiger partial charge in [-0.15, -0.1) is 4.80 Å². The first kappa shape index (κ1) is 17.8. The summed E-state index contributed by atoms with van der Waals surface area (Å²) in [6.07, 6.45) is 8.52. The van der Waals surface area contributed by atoms with Crippen LogP contribution >= 0.6 is 0 Å². The number of aryl methyl sites for hydroxylation is 2. The van der Waals surface area contributed by atoms with Crippen LogP contribution in [0.4, 0.5) is 0 Å². The zero-order valence-electron chi connectivity index (χ0n) is 16.4. The van der Waals surface area contributed by atoms with E-state index in [4.69, 9.17) is 4.74 Å². The number of likely N-dealkylation sites (tertiary alicyclic amines) is 1. The van der Waals surface area contributed by atoms with Crippen molar-refractivity contribution >= 4 is 5.91 Å². The van der Waals surface area contributed by atoms with E-state index in [0.29, 0.717) is 23.2 Å². The van der Waals surface area contributed by atoms with E-state index in [2.05, 4.69) is 20.2 Å². The first-order chi connectivity index (χ1) is 14.1. The molecule has 1 aliphatic heterocycles. The highest BCUT2D eigenvalue weighted by Crippen LogP contribution is 2.40. The van der Waals surface area contributed by atoms with E-state index in [-0.39, 0.29) is 18.1 Å². The molecule has 0 spiro atoms. The van der Waals surface area contributed by atoms with Crippen LogP contribution in [-0.4, -0.2) is 54.5 Å². The minimum atomic E-state index is -0.102. The smallest absolute Gasteiger partial charge is 0.275 e. The van der Waals surface area contributed by atoms with Crippen molar-refractivity contribution in [1.29, 1.82) is 0 Å². The zero-order valence-corrected chi connectivity index (χ0v) is 16.4. The van der Waals surface area contributed by atoms with Gasteiger partial charge in [-0.05, 0) is 49.8 Å². The second kappa shape index (κ2) is 6.95. The first-order valence-corrected chi connectivity index (χ1v) is 9.82. The number of hydrogen-bond donors (Lipinski definition) is 0. The van der Waals surface area contributed by atoms with E-state index in [1.165, 1.54) is 4.80 Å². The Hall–Kier alpha value is -3.29. The van der Waals surface area contributed by atoms with Crippen LogP contribution in [0, 0.1) is 19.8 Å². The van der Waals surface area contributed by atoms with Crippen LogP contribution in [-0.2, 0) is 0 Å². The van der Waals surface area contributed by atoms with Crippen LogP contribution in [0.1, 0.15) is 34.5 Å². The number of amides is 1. The summed E-state index contributed by atoms with van der Waals surface area (Å²) in [5.74, 6) is 0.946. The normalized spacial score (nSPS) is 22.8. The highest BCUT2D eigenvalue weighted by molar-refractivity contribution is 5.96. The summed E-state index contributed by atoms with van der Waals surface area (Å²) >= 11 is 0. The number of rotatable bonds is 4. The molecule has 2 fully saturated rings. The number of aromatic nitrogens is 5. The molecule has 0 radical (unpaired) electrons. The quantitative estimate of drug-likeness (QED) is 0.680. The Morgan fingerprint density at radius 3 is 2.59 bits per heavy atom. The summed E-state index contributed by atoms with van der Waals surface area (Å²) in [7, 11) is 0. The molecule has 1 saturated heterocycles. The molecule has 4 heterocycles. The lowest BCUT2D eigenvalue weighted by atomic mass is 10.1. The molecule has 3 unspecified atom stereocenters. The summed E-state index contributed by atoms with van der Waals surface area (Å²) in [6.45, 7) is 4.66. The maximum atomic E-state index is 13.4. The molecule has 29 heavy (non-hydrogen) atoms. The summed E-state index contributed by atoms with van der Waals surface area (Å²) in [4.78, 5) is 25.6. The fraction of sp³-hybridized carbons (Fsp3) is 0.381. The van der Waals surface area contributed by atoms with Gasteiger partial charge in [0.1, 0.15) is 11.8 Å². The molecule has 3 aromatic heterocycles. The summed E-state index contributed by atoms with van der Waals surface area (Å²) in [5, 5.41) is 8.37. The Balaban J connectivity index is 1.40. The third-order valence-electron chi connectivity index (χ3n) is 5.68. The number of piperidine rings is 1. The highest BCUT2D eigenvalue weighted by atomic mass is 16.5. The number of carbonyl (C=O) groups is 1. The van der Waals surface area contributed by atoms with Gasteiger partial charge >= 0.3 is 0 Å². The van der Waals surface area contributed by atoms with Gasteiger partial charge in [-0.3, -0.25) is 4.79 Å². The second-order valence-corrected chi connectivity index (χ2v) is 7.89. The molecule has 1 saturated carbocycles.